The molecule has 0 fully saturated rings. The Balaban J connectivity index is 1.57. The van der Waals surface area contributed by atoms with Crippen LogP contribution >= 0.6 is 11.8 Å². The maximum Gasteiger partial charge on any atom is 0.236 e. The number of anilines is 1. The van der Waals surface area contributed by atoms with Crippen molar-refractivity contribution in [3.05, 3.63) is 47.7 Å². The highest BCUT2D eigenvalue weighted by Gasteiger charge is 2.18. The number of ether oxygens (including phenoxy) is 1. The number of hydrogen-bond donors (Lipinski definition) is 1. The topological polar surface area (TPSA) is 95.1 Å². The number of benzene rings is 1. The minimum atomic E-state index is -0.394. The van der Waals surface area contributed by atoms with E-state index < -0.39 is 6.10 Å². The quantitative estimate of drug-likeness (QED) is 0.618. The minimum Gasteiger partial charge on any atom is -0.483 e. The molecular weight excluding hydrogens is 373 g/mol. The lowest BCUT2D eigenvalue weighted by molar-refractivity contribution is -0.113. The molecule has 0 aliphatic carbocycles. The predicted molar refractivity (Wildman–Crippen MR) is 97.0 cm³/mol. The molecule has 0 saturated heterocycles. The summed E-state index contributed by atoms with van der Waals surface area (Å²) in [5.41, 5.74) is 0. The molecule has 0 saturated carbocycles. The molecule has 0 aliphatic heterocycles. The molecule has 0 aliphatic rings. The second kappa shape index (κ2) is 8.21. The van der Waals surface area contributed by atoms with E-state index in [-0.39, 0.29) is 17.5 Å². The molecular formula is C17H18FN5O3S. The second-order valence-electron chi connectivity index (χ2n) is 5.77. The maximum atomic E-state index is 13.0. The molecule has 1 aromatic carbocycles. The standard InChI is InChI=1S/C17H18FN5O3S/c1-10-8-14(22-26-10)19-15(24)9-27-17-21-20-16(23(17)3)11(2)25-13-6-4-12(18)5-7-13/h4-8,11H,9H2,1-3H3,(H,19,22,24). The average molecular weight is 391 g/mol. The first-order valence-corrected chi connectivity index (χ1v) is 9.08. The van der Waals surface area contributed by atoms with Crippen molar-refractivity contribution in [3.63, 3.8) is 0 Å². The van der Waals surface area contributed by atoms with E-state index in [0.29, 0.717) is 28.3 Å². The zero-order chi connectivity index (χ0) is 19.4. The van der Waals surface area contributed by atoms with Gasteiger partial charge in [-0.15, -0.1) is 10.2 Å². The van der Waals surface area contributed by atoms with Crippen LogP contribution in [0, 0.1) is 12.7 Å². The smallest absolute Gasteiger partial charge is 0.236 e. The van der Waals surface area contributed by atoms with Gasteiger partial charge in [0.1, 0.15) is 17.3 Å². The molecule has 1 N–H and O–H groups in total. The first-order chi connectivity index (χ1) is 12.9. The molecule has 27 heavy (non-hydrogen) atoms. The molecule has 1 unspecified atom stereocenters. The van der Waals surface area contributed by atoms with Crippen LogP contribution in [0.25, 0.3) is 0 Å². The van der Waals surface area contributed by atoms with E-state index in [4.69, 9.17) is 9.26 Å². The van der Waals surface area contributed by atoms with Gasteiger partial charge >= 0.3 is 0 Å². The van der Waals surface area contributed by atoms with Crippen LogP contribution in [0.2, 0.25) is 0 Å². The number of aromatic nitrogens is 4. The fourth-order valence-corrected chi connectivity index (χ4v) is 3.03. The maximum absolute atomic E-state index is 13.0. The molecule has 2 heterocycles. The first-order valence-electron chi connectivity index (χ1n) is 8.10. The third kappa shape index (κ3) is 4.85. The lowest BCUT2D eigenvalue weighted by Gasteiger charge is -2.14. The van der Waals surface area contributed by atoms with Crippen molar-refractivity contribution < 1.29 is 18.4 Å². The van der Waals surface area contributed by atoms with Crippen LogP contribution in [0.3, 0.4) is 0 Å². The third-order valence-electron chi connectivity index (χ3n) is 3.59. The second-order valence-corrected chi connectivity index (χ2v) is 6.72. The summed E-state index contributed by atoms with van der Waals surface area (Å²) in [5, 5.41) is 15.2. The highest BCUT2D eigenvalue weighted by Crippen LogP contribution is 2.23. The number of nitrogens with zero attached hydrogens (tertiary/aromatic N) is 4. The summed E-state index contributed by atoms with van der Waals surface area (Å²) in [5.74, 6) is 1.70. The van der Waals surface area contributed by atoms with Gasteiger partial charge in [-0.25, -0.2) is 4.39 Å². The molecule has 8 nitrogen and oxygen atoms in total. The molecule has 0 spiro atoms. The van der Waals surface area contributed by atoms with Crippen LogP contribution in [-0.2, 0) is 11.8 Å². The molecule has 0 radical (unpaired) electrons. The van der Waals surface area contributed by atoms with Crippen LogP contribution in [0.4, 0.5) is 10.2 Å². The lowest BCUT2D eigenvalue weighted by Crippen LogP contribution is -2.15. The summed E-state index contributed by atoms with van der Waals surface area (Å²) >= 11 is 1.24. The molecule has 1 amide bonds. The van der Waals surface area contributed by atoms with Crippen LogP contribution in [0.5, 0.6) is 5.75 Å². The van der Waals surface area contributed by atoms with E-state index >= 15 is 0 Å². The van der Waals surface area contributed by atoms with Gasteiger partial charge < -0.3 is 19.1 Å². The van der Waals surface area contributed by atoms with Gasteiger partial charge in [0, 0.05) is 13.1 Å². The monoisotopic (exact) mass is 391 g/mol. The molecule has 3 rings (SSSR count). The minimum absolute atomic E-state index is 0.144. The Labute approximate surface area is 159 Å². The largest absolute Gasteiger partial charge is 0.483 e. The van der Waals surface area contributed by atoms with Gasteiger partial charge in [0.15, 0.2) is 22.9 Å². The fraction of sp³-hybridized carbons (Fsp3) is 0.294. The summed E-state index contributed by atoms with van der Waals surface area (Å²) in [4.78, 5) is 12.0. The summed E-state index contributed by atoms with van der Waals surface area (Å²) in [7, 11) is 1.79. The molecule has 2 aromatic heterocycles. The number of nitrogens with one attached hydrogen (secondary N) is 1. The van der Waals surface area contributed by atoms with Gasteiger partial charge in [-0.3, -0.25) is 4.79 Å². The molecule has 3 aromatic rings. The molecule has 10 heteroatoms. The predicted octanol–water partition coefficient (Wildman–Crippen LogP) is 3.12. The lowest BCUT2D eigenvalue weighted by atomic mass is 10.3. The Morgan fingerprint density at radius 3 is 2.78 bits per heavy atom. The Morgan fingerprint density at radius 2 is 2.11 bits per heavy atom. The zero-order valence-electron chi connectivity index (χ0n) is 15.0. The summed E-state index contributed by atoms with van der Waals surface area (Å²) in [6.07, 6.45) is -0.394. The highest BCUT2D eigenvalue weighted by atomic mass is 32.2. The van der Waals surface area contributed by atoms with Crippen molar-refractivity contribution in [2.45, 2.75) is 25.1 Å². The molecule has 0 bridgehead atoms. The third-order valence-corrected chi connectivity index (χ3v) is 4.61. The van der Waals surface area contributed by atoms with Gasteiger partial charge in [-0.05, 0) is 38.1 Å². The van der Waals surface area contributed by atoms with E-state index in [1.807, 2.05) is 6.92 Å². The van der Waals surface area contributed by atoms with Gasteiger partial charge in [0.2, 0.25) is 5.91 Å². The number of hydrogen-bond acceptors (Lipinski definition) is 7. The first kappa shape index (κ1) is 18.9. The van der Waals surface area contributed by atoms with E-state index in [1.165, 1.54) is 23.9 Å². The fourth-order valence-electron chi connectivity index (χ4n) is 2.31. The SMILES string of the molecule is Cc1cc(NC(=O)CSc2nnc(C(C)Oc3ccc(F)cc3)n2C)no1. The number of carbonyl (C=O) groups is 1. The normalized spacial score (nSPS) is 12.0. The number of aryl methyl sites for hydroxylation is 1. The van der Waals surface area contributed by atoms with Crippen molar-refractivity contribution in [1.29, 1.82) is 0 Å². The Hall–Kier alpha value is -2.88. The number of rotatable bonds is 7. The number of carbonyl (C=O) groups excluding carboxylic acids is 1. The van der Waals surface area contributed by atoms with Crippen molar-refractivity contribution >= 4 is 23.5 Å². The van der Waals surface area contributed by atoms with Crippen molar-refractivity contribution in [2.75, 3.05) is 11.1 Å². The van der Waals surface area contributed by atoms with Gasteiger partial charge in [-0.2, -0.15) is 0 Å². The van der Waals surface area contributed by atoms with E-state index in [9.17, 15) is 9.18 Å². The van der Waals surface area contributed by atoms with E-state index in [2.05, 4.69) is 20.7 Å². The van der Waals surface area contributed by atoms with Crippen molar-refractivity contribution in [2.24, 2.45) is 7.05 Å². The Bertz CT molecular complexity index is 925. The summed E-state index contributed by atoms with van der Waals surface area (Å²) < 4.78 is 25.4. The average Bonchev–Trinajstić information content (AvgIpc) is 3.20. The van der Waals surface area contributed by atoms with Gasteiger partial charge in [0.05, 0.1) is 5.75 Å². The number of thioether (sulfide) groups is 1. The van der Waals surface area contributed by atoms with Gasteiger partial charge in [-0.1, -0.05) is 16.9 Å². The van der Waals surface area contributed by atoms with Crippen LogP contribution in [0.1, 0.15) is 24.6 Å². The van der Waals surface area contributed by atoms with E-state index in [1.54, 1.807) is 36.7 Å². The zero-order valence-corrected chi connectivity index (χ0v) is 15.8. The van der Waals surface area contributed by atoms with Crippen LogP contribution < -0.4 is 10.1 Å². The number of halogens is 1. The Kier molecular flexibility index (Phi) is 5.75. The van der Waals surface area contributed by atoms with Gasteiger partial charge in [0.25, 0.3) is 0 Å². The highest BCUT2D eigenvalue weighted by molar-refractivity contribution is 7.99. The molecule has 142 valence electrons. The van der Waals surface area contributed by atoms with Crippen LogP contribution in [0.15, 0.2) is 40.0 Å². The van der Waals surface area contributed by atoms with Crippen molar-refractivity contribution in [1.82, 2.24) is 19.9 Å². The van der Waals surface area contributed by atoms with Crippen LogP contribution in [-0.4, -0.2) is 31.6 Å². The molecule has 1 atom stereocenters. The van der Waals surface area contributed by atoms with Crippen molar-refractivity contribution in [3.8, 4) is 5.75 Å². The summed E-state index contributed by atoms with van der Waals surface area (Å²) in [6, 6.07) is 7.39. The summed E-state index contributed by atoms with van der Waals surface area (Å²) in [6.45, 7) is 3.56. The number of amides is 1. The Morgan fingerprint density at radius 1 is 1.37 bits per heavy atom. The van der Waals surface area contributed by atoms with E-state index in [0.717, 1.165) is 0 Å².